The van der Waals surface area contributed by atoms with Crippen LogP contribution in [0.3, 0.4) is 0 Å². The van der Waals surface area contributed by atoms with Crippen molar-refractivity contribution in [3.63, 3.8) is 0 Å². The topological polar surface area (TPSA) is 49.4 Å². The molecule has 1 atom stereocenters. The van der Waals surface area contributed by atoms with Crippen molar-refractivity contribution >= 4 is 10.0 Å². The first-order valence-corrected chi connectivity index (χ1v) is 7.62. The maximum atomic E-state index is 12.4. The van der Waals surface area contributed by atoms with Crippen molar-refractivity contribution in [2.24, 2.45) is 5.41 Å². The molecule has 1 unspecified atom stereocenters. The third-order valence-corrected chi connectivity index (χ3v) is 5.95. The maximum Gasteiger partial charge on any atom is 0.218 e. The highest BCUT2D eigenvalue weighted by molar-refractivity contribution is 7.89. The van der Waals surface area contributed by atoms with E-state index in [0.717, 1.165) is 25.8 Å². The Bertz CT molecular complexity index is 345. The van der Waals surface area contributed by atoms with Crippen LogP contribution in [0, 0.1) is 5.41 Å². The molecule has 0 bridgehead atoms. The van der Waals surface area contributed by atoms with Gasteiger partial charge in [0.1, 0.15) is 0 Å². The van der Waals surface area contributed by atoms with Crippen LogP contribution in [-0.2, 0) is 10.0 Å². The Balaban J connectivity index is 2.07. The first-order valence-electron chi connectivity index (χ1n) is 6.11. The molecular formula is C11H22N2O2S. The van der Waals surface area contributed by atoms with E-state index in [1.807, 2.05) is 0 Å². The lowest BCUT2D eigenvalue weighted by Gasteiger charge is -2.28. The zero-order valence-corrected chi connectivity index (χ0v) is 11.0. The largest absolute Gasteiger partial charge is 0.315 e. The average Bonchev–Trinajstić information content (AvgIpc) is 2.61. The van der Waals surface area contributed by atoms with E-state index in [0.29, 0.717) is 19.6 Å². The lowest BCUT2D eigenvalue weighted by molar-refractivity contribution is 0.368. The number of sulfonamides is 1. The number of hydrogen-bond acceptors (Lipinski definition) is 3. The minimum absolute atomic E-state index is 0.148. The summed E-state index contributed by atoms with van der Waals surface area (Å²) in [4.78, 5) is 0. The predicted octanol–water partition coefficient (Wildman–Crippen LogP) is 0.800. The third kappa shape index (κ3) is 2.41. The number of rotatable bonds is 2. The second-order valence-electron chi connectivity index (χ2n) is 5.76. The number of hydrogen-bond donors (Lipinski definition) is 1. The van der Waals surface area contributed by atoms with Gasteiger partial charge in [-0.1, -0.05) is 13.8 Å². The highest BCUT2D eigenvalue weighted by atomic mass is 32.2. The molecule has 0 aromatic carbocycles. The van der Waals surface area contributed by atoms with Gasteiger partial charge in [0.15, 0.2) is 0 Å². The fourth-order valence-corrected chi connectivity index (χ4v) is 4.65. The number of nitrogens with zero attached hydrogens (tertiary/aromatic N) is 1. The van der Waals surface area contributed by atoms with Gasteiger partial charge in [-0.2, -0.15) is 0 Å². The predicted molar refractivity (Wildman–Crippen MR) is 64.8 cm³/mol. The molecule has 0 aromatic rings. The van der Waals surface area contributed by atoms with Crippen LogP contribution in [0.1, 0.15) is 33.1 Å². The second kappa shape index (κ2) is 4.27. The summed E-state index contributed by atoms with van der Waals surface area (Å²) in [5, 5.41) is 2.98. The first-order chi connectivity index (χ1) is 7.42. The standard InChI is InChI=1S/C11H22N2O2S/c1-11(2)5-7-13(9-11)16(14,15)10-4-3-6-12-8-10/h10,12H,3-9H2,1-2H3. The summed E-state index contributed by atoms with van der Waals surface area (Å²) in [7, 11) is -3.06. The molecule has 5 heteroatoms. The molecule has 0 amide bonds. The van der Waals surface area contributed by atoms with Gasteiger partial charge in [0.2, 0.25) is 10.0 Å². The van der Waals surface area contributed by atoms with E-state index < -0.39 is 10.0 Å². The molecule has 0 radical (unpaired) electrons. The Morgan fingerprint density at radius 1 is 1.38 bits per heavy atom. The summed E-state index contributed by atoms with van der Waals surface area (Å²) in [6, 6.07) is 0. The molecule has 2 rings (SSSR count). The first kappa shape index (κ1) is 12.3. The second-order valence-corrected chi connectivity index (χ2v) is 7.97. The van der Waals surface area contributed by atoms with E-state index in [9.17, 15) is 8.42 Å². The number of piperidine rings is 1. The normalized spacial score (nSPS) is 31.8. The third-order valence-electron chi connectivity index (χ3n) is 3.68. The van der Waals surface area contributed by atoms with Gasteiger partial charge in [0, 0.05) is 19.6 Å². The quantitative estimate of drug-likeness (QED) is 0.784. The van der Waals surface area contributed by atoms with Crippen molar-refractivity contribution in [2.75, 3.05) is 26.2 Å². The molecule has 2 aliphatic rings. The van der Waals surface area contributed by atoms with Crippen LogP contribution in [0.15, 0.2) is 0 Å². The van der Waals surface area contributed by atoms with Gasteiger partial charge < -0.3 is 5.32 Å². The molecule has 0 aliphatic carbocycles. The van der Waals surface area contributed by atoms with Crippen LogP contribution in [-0.4, -0.2) is 44.2 Å². The Labute approximate surface area is 98.4 Å². The molecule has 0 saturated carbocycles. The fourth-order valence-electron chi connectivity index (χ4n) is 2.56. The van der Waals surface area contributed by atoms with E-state index in [2.05, 4.69) is 19.2 Å². The minimum Gasteiger partial charge on any atom is -0.315 e. The molecule has 16 heavy (non-hydrogen) atoms. The van der Waals surface area contributed by atoms with Crippen LogP contribution in [0.2, 0.25) is 0 Å². The Kier molecular flexibility index (Phi) is 3.29. The molecule has 1 N–H and O–H groups in total. The van der Waals surface area contributed by atoms with Crippen molar-refractivity contribution in [3.05, 3.63) is 0 Å². The maximum absolute atomic E-state index is 12.4. The molecule has 4 nitrogen and oxygen atoms in total. The van der Waals surface area contributed by atoms with Gasteiger partial charge in [0.05, 0.1) is 5.25 Å². The van der Waals surface area contributed by atoms with E-state index in [1.54, 1.807) is 4.31 Å². The minimum atomic E-state index is -3.06. The highest BCUT2D eigenvalue weighted by Crippen LogP contribution is 2.32. The Morgan fingerprint density at radius 2 is 2.12 bits per heavy atom. The SMILES string of the molecule is CC1(C)CCN(S(=O)(=O)C2CCCNC2)C1. The summed E-state index contributed by atoms with van der Waals surface area (Å²) in [5.41, 5.74) is 0.148. The Hall–Kier alpha value is -0.130. The van der Waals surface area contributed by atoms with Crippen LogP contribution in [0.5, 0.6) is 0 Å². The smallest absolute Gasteiger partial charge is 0.218 e. The molecule has 2 fully saturated rings. The van der Waals surface area contributed by atoms with Crippen LogP contribution >= 0.6 is 0 Å². The molecule has 2 saturated heterocycles. The molecule has 2 aliphatic heterocycles. The summed E-state index contributed by atoms with van der Waals surface area (Å²) >= 11 is 0. The summed E-state index contributed by atoms with van der Waals surface area (Å²) < 4.78 is 26.4. The van der Waals surface area contributed by atoms with Crippen molar-refractivity contribution in [3.8, 4) is 0 Å². The van der Waals surface area contributed by atoms with E-state index in [-0.39, 0.29) is 10.7 Å². The Morgan fingerprint density at radius 3 is 2.62 bits per heavy atom. The van der Waals surface area contributed by atoms with Crippen molar-refractivity contribution in [2.45, 2.75) is 38.4 Å². The zero-order chi connectivity index (χ0) is 11.8. The fraction of sp³-hybridized carbons (Fsp3) is 1.00. The lowest BCUT2D eigenvalue weighted by atomic mass is 9.93. The molecule has 2 heterocycles. The van der Waals surface area contributed by atoms with E-state index in [1.165, 1.54) is 0 Å². The van der Waals surface area contributed by atoms with E-state index >= 15 is 0 Å². The van der Waals surface area contributed by atoms with E-state index in [4.69, 9.17) is 0 Å². The van der Waals surface area contributed by atoms with Crippen LogP contribution in [0.4, 0.5) is 0 Å². The molecule has 0 aromatic heterocycles. The lowest BCUT2D eigenvalue weighted by Crippen LogP contribution is -2.45. The van der Waals surface area contributed by atoms with Gasteiger partial charge in [-0.3, -0.25) is 0 Å². The molecule has 94 valence electrons. The van der Waals surface area contributed by atoms with Crippen molar-refractivity contribution in [1.29, 1.82) is 0 Å². The molecular weight excluding hydrogens is 224 g/mol. The summed E-state index contributed by atoms with van der Waals surface area (Å²) in [6.45, 7) is 7.25. The van der Waals surface area contributed by atoms with Gasteiger partial charge in [-0.25, -0.2) is 12.7 Å². The van der Waals surface area contributed by atoms with Crippen molar-refractivity contribution in [1.82, 2.24) is 9.62 Å². The van der Waals surface area contributed by atoms with Gasteiger partial charge in [0.25, 0.3) is 0 Å². The number of nitrogens with one attached hydrogen (secondary N) is 1. The van der Waals surface area contributed by atoms with Crippen LogP contribution < -0.4 is 5.32 Å². The van der Waals surface area contributed by atoms with Crippen LogP contribution in [0.25, 0.3) is 0 Å². The van der Waals surface area contributed by atoms with Gasteiger partial charge >= 0.3 is 0 Å². The summed E-state index contributed by atoms with van der Waals surface area (Å²) in [6.07, 6.45) is 2.76. The van der Waals surface area contributed by atoms with Gasteiger partial charge in [-0.05, 0) is 31.2 Å². The van der Waals surface area contributed by atoms with Gasteiger partial charge in [-0.15, -0.1) is 0 Å². The monoisotopic (exact) mass is 246 g/mol. The molecule has 0 spiro atoms. The summed E-state index contributed by atoms with van der Waals surface area (Å²) in [5.74, 6) is 0. The van der Waals surface area contributed by atoms with Crippen molar-refractivity contribution < 1.29 is 8.42 Å². The zero-order valence-electron chi connectivity index (χ0n) is 10.2. The highest BCUT2D eigenvalue weighted by Gasteiger charge is 2.40. The average molecular weight is 246 g/mol.